The smallest absolute Gasteiger partial charge is 0.335 e. The Bertz CT molecular complexity index is 886. The Morgan fingerprint density at radius 1 is 1.12 bits per heavy atom. The summed E-state index contributed by atoms with van der Waals surface area (Å²) in [5, 5.41) is 18.7. The topological polar surface area (TPSA) is 90.2 Å². The molecular weight excluding hydrogens is 340 g/mol. The summed E-state index contributed by atoms with van der Waals surface area (Å²) in [4.78, 5) is 29.6. The summed E-state index contributed by atoms with van der Waals surface area (Å²) in [5.74, 6) is -1.00. The third kappa shape index (κ3) is 3.72. The van der Waals surface area contributed by atoms with E-state index in [2.05, 4.69) is 4.99 Å². The normalized spacial score (nSPS) is 17.5. The Balaban J connectivity index is 1.85. The number of carboxylic acid groups (broad SMARTS) is 1. The first-order chi connectivity index (χ1) is 11.9. The number of aromatic hydroxyl groups is 1. The number of carbonyl (C=O) groups is 2. The number of aliphatic imine (C=N–C) groups is 1. The lowest BCUT2D eigenvalue weighted by atomic mass is 10.2. The number of aromatic carboxylic acids is 1. The Labute approximate surface area is 148 Å². The number of phenols is 1. The largest absolute Gasteiger partial charge is 0.508 e. The lowest BCUT2D eigenvalue weighted by molar-refractivity contribution is -0.121. The average molecular weight is 354 g/mol. The van der Waals surface area contributed by atoms with Gasteiger partial charge in [-0.3, -0.25) is 9.69 Å². The van der Waals surface area contributed by atoms with Gasteiger partial charge in [0.05, 0.1) is 16.2 Å². The summed E-state index contributed by atoms with van der Waals surface area (Å²) in [6, 6.07) is 12.7. The van der Waals surface area contributed by atoms with Gasteiger partial charge in [0.2, 0.25) is 0 Å². The number of amides is 1. The van der Waals surface area contributed by atoms with E-state index in [1.54, 1.807) is 49.5 Å². The minimum atomic E-state index is -0.999. The molecule has 6 nitrogen and oxygen atoms in total. The third-order valence-electron chi connectivity index (χ3n) is 3.53. The second kappa shape index (κ2) is 6.82. The molecule has 0 spiro atoms. The van der Waals surface area contributed by atoms with Crippen LogP contribution in [-0.4, -0.2) is 39.2 Å². The van der Waals surface area contributed by atoms with E-state index < -0.39 is 5.97 Å². The van der Waals surface area contributed by atoms with Crippen LogP contribution < -0.4 is 0 Å². The van der Waals surface area contributed by atoms with Crippen LogP contribution in [0.4, 0.5) is 5.69 Å². The molecule has 1 amide bonds. The predicted molar refractivity (Wildman–Crippen MR) is 96.9 cm³/mol. The van der Waals surface area contributed by atoms with E-state index in [1.165, 1.54) is 28.8 Å². The molecule has 0 atom stereocenters. The molecule has 25 heavy (non-hydrogen) atoms. The van der Waals surface area contributed by atoms with Crippen molar-refractivity contribution in [1.82, 2.24) is 4.90 Å². The van der Waals surface area contributed by atoms with E-state index in [9.17, 15) is 14.7 Å². The number of hydrogen-bond donors (Lipinski definition) is 2. The van der Waals surface area contributed by atoms with Gasteiger partial charge in [0.1, 0.15) is 5.75 Å². The Kier molecular flexibility index (Phi) is 4.58. The highest BCUT2D eigenvalue weighted by Crippen LogP contribution is 2.33. The molecule has 0 aliphatic carbocycles. The van der Waals surface area contributed by atoms with E-state index in [-0.39, 0.29) is 17.2 Å². The molecular formula is C18H14N2O4S. The van der Waals surface area contributed by atoms with Crippen molar-refractivity contribution < 1.29 is 19.8 Å². The van der Waals surface area contributed by atoms with Crippen molar-refractivity contribution in [1.29, 1.82) is 0 Å². The molecule has 1 fully saturated rings. The van der Waals surface area contributed by atoms with Gasteiger partial charge in [0.15, 0.2) is 5.17 Å². The van der Waals surface area contributed by atoms with Crippen LogP contribution in [0.2, 0.25) is 0 Å². The van der Waals surface area contributed by atoms with E-state index in [0.29, 0.717) is 15.8 Å². The predicted octanol–water partition coefficient (Wildman–Crippen LogP) is 3.32. The maximum absolute atomic E-state index is 12.3. The number of phenolic OH excluding ortho intramolecular Hbond substituents is 1. The van der Waals surface area contributed by atoms with Crippen LogP contribution in [-0.2, 0) is 4.79 Å². The first kappa shape index (κ1) is 16.8. The molecule has 7 heteroatoms. The van der Waals surface area contributed by atoms with Gasteiger partial charge in [-0.25, -0.2) is 9.79 Å². The van der Waals surface area contributed by atoms with E-state index in [0.717, 1.165) is 5.56 Å². The molecule has 1 saturated heterocycles. The first-order valence-electron chi connectivity index (χ1n) is 7.33. The van der Waals surface area contributed by atoms with Crippen LogP contribution in [0, 0.1) is 0 Å². The average Bonchev–Trinajstić information content (AvgIpc) is 2.85. The zero-order valence-corrected chi connectivity index (χ0v) is 14.0. The summed E-state index contributed by atoms with van der Waals surface area (Å²) < 4.78 is 0. The molecule has 0 bridgehead atoms. The Morgan fingerprint density at radius 3 is 2.36 bits per heavy atom. The van der Waals surface area contributed by atoms with Crippen LogP contribution in [0.1, 0.15) is 15.9 Å². The molecule has 2 N–H and O–H groups in total. The van der Waals surface area contributed by atoms with E-state index in [4.69, 9.17) is 5.11 Å². The second-order valence-electron chi connectivity index (χ2n) is 5.31. The number of likely N-dealkylation sites (N-methyl/N-ethyl adjacent to an activating group) is 1. The van der Waals surface area contributed by atoms with Crippen molar-refractivity contribution in [2.75, 3.05) is 7.05 Å². The highest BCUT2D eigenvalue weighted by molar-refractivity contribution is 8.18. The summed E-state index contributed by atoms with van der Waals surface area (Å²) in [7, 11) is 1.64. The number of benzene rings is 2. The van der Waals surface area contributed by atoms with Crippen molar-refractivity contribution in [3.05, 3.63) is 64.6 Å². The lowest BCUT2D eigenvalue weighted by Crippen LogP contribution is -2.23. The molecule has 1 heterocycles. The monoisotopic (exact) mass is 354 g/mol. The van der Waals surface area contributed by atoms with Crippen molar-refractivity contribution in [3.8, 4) is 5.75 Å². The Morgan fingerprint density at radius 2 is 1.76 bits per heavy atom. The van der Waals surface area contributed by atoms with Gasteiger partial charge in [-0.1, -0.05) is 12.1 Å². The summed E-state index contributed by atoms with van der Waals surface area (Å²) in [6.07, 6.45) is 1.74. The van der Waals surface area contributed by atoms with Crippen molar-refractivity contribution >= 4 is 40.6 Å². The molecule has 2 aromatic rings. The molecule has 0 aromatic heterocycles. The maximum atomic E-state index is 12.3. The SMILES string of the molecule is CN1C(=O)C(=Cc2ccc(O)cc2)SC1=Nc1ccc(C(=O)O)cc1. The van der Waals surface area contributed by atoms with Gasteiger partial charge in [0, 0.05) is 7.05 Å². The zero-order valence-electron chi connectivity index (χ0n) is 13.2. The highest BCUT2D eigenvalue weighted by atomic mass is 32.2. The molecule has 0 saturated carbocycles. The fourth-order valence-corrected chi connectivity index (χ4v) is 3.15. The summed E-state index contributed by atoms with van der Waals surface area (Å²) >= 11 is 1.24. The number of thioether (sulfide) groups is 1. The molecule has 3 rings (SSSR count). The molecule has 1 aliphatic heterocycles. The van der Waals surface area contributed by atoms with Gasteiger partial charge in [-0.15, -0.1) is 0 Å². The third-order valence-corrected chi connectivity index (χ3v) is 4.59. The molecule has 0 unspecified atom stereocenters. The van der Waals surface area contributed by atoms with Crippen LogP contribution in [0.15, 0.2) is 58.4 Å². The van der Waals surface area contributed by atoms with Crippen LogP contribution >= 0.6 is 11.8 Å². The minimum Gasteiger partial charge on any atom is -0.508 e. The number of carboxylic acids is 1. The molecule has 126 valence electrons. The molecule has 2 aromatic carbocycles. The van der Waals surface area contributed by atoms with Crippen molar-refractivity contribution in [2.24, 2.45) is 4.99 Å². The van der Waals surface area contributed by atoms with Crippen LogP contribution in [0.5, 0.6) is 5.75 Å². The fraction of sp³-hybridized carbons (Fsp3) is 0.0556. The van der Waals surface area contributed by atoms with Gasteiger partial charge < -0.3 is 10.2 Å². The number of nitrogens with zero attached hydrogens (tertiary/aromatic N) is 2. The number of amidine groups is 1. The van der Waals surface area contributed by atoms with Gasteiger partial charge in [0.25, 0.3) is 5.91 Å². The highest BCUT2D eigenvalue weighted by Gasteiger charge is 2.30. The fourth-order valence-electron chi connectivity index (χ4n) is 2.16. The standard InChI is InChI=1S/C18H14N2O4S/c1-20-16(22)15(10-11-2-8-14(21)9-3-11)25-18(20)19-13-6-4-12(5-7-13)17(23)24/h2-10,21H,1H3,(H,23,24). The van der Waals surface area contributed by atoms with E-state index >= 15 is 0 Å². The minimum absolute atomic E-state index is 0.164. The number of hydrogen-bond acceptors (Lipinski definition) is 5. The van der Waals surface area contributed by atoms with Crippen molar-refractivity contribution in [3.63, 3.8) is 0 Å². The Hall–Kier alpha value is -3.06. The van der Waals surface area contributed by atoms with Gasteiger partial charge >= 0.3 is 5.97 Å². The molecule has 1 aliphatic rings. The van der Waals surface area contributed by atoms with Gasteiger partial charge in [-0.2, -0.15) is 0 Å². The first-order valence-corrected chi connectivity index (χ1v) is 8.14. The molecule has 0 radical (unpaired) electrons. The van der Waals surface area contributed by atoms with Crippen LogP contribution in [0.3, 0.4) is 0 Å². The van der Waals surface area contributed by atoms with Crippen molar-refractivity contribution in [2.45, 2.75) is 0 Å². The lowest BCUT2D eigenvalue weighted by Gasteiger charge is -2.07. The van der Waals surface area contributed by atoms with Gasteiger partial charge in [-0.05, 0) is 59.8 Å². The number of rotatable bonds is 3. The summed E-state index contributed by atoms with van der Waals surface area (Å²) in [6.45, 7) is 0. The summed E-state index contributed by atoms with van der Waals surface area (Å²) in [5.41, 5.74) is 1.55. The second-order valence-corrected chi connectivity index (χ2v) is 6.32. The quantitative estimate of drug-likeness (QED) is 0.825. The van der Waals surface area contributed by atoms with E-state index in [1.807, 2.05) is 0 Å². The number of carbonyl (C=O) groups excluding carboxylic acids is 1. The maximum Gasteiger partial charge on any atom is 0.335 e. The van der Waals surface area contributed by atoms with Crippen LogP contribution in [0.25, 0.3) is 6.08 Å². The zero-order chi connectivity index (χ0) is 18.0.